The van der Waals surface area contributed by atoms with Crippen molar-refractivity contribution in [2.24, 2.45) is 0 Å². The zero-order valence-electron chi connectivity index (χ0n) is 10.3. The summed E-state index contributed by atoms with van der Waals surface area (Å²) in [4.78, 5) is 24.2. The molecule has 1 heterocycles. The van der Waals surface area contributed by atoms with Crippen LogP contribution in [0.2, 0.25) is 0 Å². The van der Waals surface area contributed by atoms with Gasteiger partial charge < -0.3 is 15.2 Å². The topological polar surface area (TPSA) is 78.9 Å². The Kier molecular flexibility index (Phi) is 5.37. The summed E-state index contributed by atoms with van der Waals surface area (Å²) in [6.45, 7) is 6.23. The highest BCUT2D eigenvalue weighted by Crippen LogP contribution is 2.08. The fraction of sp³-hybridized carbons (Fsp3) is 0.818. The van der Waals surface area contributed by atoms with Crippen molar-refractivity contribution in [2.45, 2.75) is 32.4 Å². The molecule has 2 N–H and O–H groups in total. The number of morpholine rings is 1. The summed E-state index contributed by atoms with van der Waals surface area (Å²) >= 11 is 0. The Bertz CT molecular complexity index is 281. The van der Waals surface area contributed by atoms with Crippen LogP contribution in [0.25, 0.3) is 0 Å². The van der Waals surface area contributed by atoms with Crippen molar-refractivity contribution in [2.75, 3.05) is 26.2 Å². The number of hydrogen-bond donors (Lipinski definition) is 2. The molecule has 1 rings (SSSR count). The molecule has 1 aliphatic heterocycles. The van der Waals surface area contributed by atoms with E-state index >= 15 is 0 Å². The van der Waals surface area contributed by atoms with Crippen LogP contribution >= 0.6 is 0 Å². The van der Waals surface area contributed by atoms with E-state index in [1.807, 2.05) is 0 Å². The molecule has 6 nitrogen and oxygen atoms in total. The van der Waals surface area contributed by atoms with E-state index in [9.17, 15) is 9.59 Å². The quantitative estimate of drug-likeness (QED) is 0.693. The molecule has 1 fully saturated rings. The molecule has 98 valence electrons. The molecule has 0 bridgehead atoms. The molecule has 1 amide bonds. The van der Waals surface area contributed by atoms with E-state index in [0.717, 1.165) is 6.54 Å². The van der Waals surface area contributed by atoms with Gasteiger partial charge in [-0.1, -0.05) is 0 Å². The van der Waals surface area contributed by atoms with Crippen LogP contribution in [0.1, 0.15) is 20.3 Å². The minimum Gasteiger partial charge on any atom is -0.481 e. The van der Waals surface area contributed by atoms with E-state index < -0.39 is 12.1 Å². The highest BCUT2D eigenvalue weighted by atomic mass is 16.5. The molecule has 1 unspecified atom stereocenters. The van der Waals surface area contributed by atoms with Crippen LogP contribution in [0.4, 0.5) is 0 Å². The van der Waals surface area contributed by atoms with Crippen LogP contribution in [0.3, 0.4) is 0 Å². The van der Waals surface area contributed by atoms with Gasteiger partial charge in [0.2, 0.25) is 5.91 Å². The summed E-state index contributed by atoms with van der Waals surface area (Å²) in [6, 6.07) is 0.383. The average Bonchev–Trinajstić information content (AvgIpc) is 2.28. The standard InChI is InChI=1S/C11H20N2O4/c1-8(2)13-5-6-17-9(7-13)11(16)12-4-3-10(14)15/h8-9H,3-7H2,1-2H3,(H,12,16)(H,14,15). The third kappa shape index (κ3) is 4.70. The summed E-state index contributed by atoms with van der Waals surface area (Å²) in [6.07, 6.45) is -0.549. The second-order valence-corrected chi connectivity index (χ2v) is 4.38. The molecular formula is C11H20N2O4. The van der Waals surface area contributed by atoms with Crippen molar-refractivity contribution in [3.05, 3.63) is 0 Å². The molecule has 0 aromatic carbocycles. The smallest absolute Gasteiger partial charge is 0.305 e. The van der Waals surface area contributed by atoms with E-state index in [0.29, 0.717) is 19.2 Å². The highest BCUT2D eigenvalue weighted by Gasteiger charge is 2.27. The van der Waals surface area contributed by atoms with Crippen LogP contribution in [0.15, 0.2) is 0 Å². The molecule has 6 heteroatoms. The fourth-order valence-electron chi connectivity index (χ4n) is 1.70. The SMILES string of the molecule is CC(C)N1CCOC(C(=O)NCCC(=O)O)C1. The molecule has 0 aromatic rings. The number of amides is 1. The number of hydrogen-bond acceptors (Lipinski definition) is 4. The first-order valence-corrected chi connectivity index (χ1v) is 5.86. The Morgan fingerprint density at radius 3 is 2.82 bits per heavy atom. The van der Waals surface area contributed by atoms with E-state index in [-0.39, 0.29) is 18.9 Å². The maximum Gasteiger partial charge on any atom is 0.305 e. The molecule has 1 atom stereocenters. The van der Waals surface area contributed by atoms with E-state index in [4.69, 9.17) is 9.84 Å². The average molecular weight is 244 g/mol. The predicted octanol–water partition coefficient (Wildman–Crippen LogP) is -0.313. The molecule has 1 aliphatic rings. The molecule has 0 radical (unpaired) electrons. The second kappa shape index (κ2) is 6.56. The Morgan fingerprint density at radius 2 is 2.24 bits per heavy atom. The molecule has 0 saturated carbocycles. The minimum atomic E-state index is -0.918. The van der Waals surface area contributed by atoms with Gasteiger partial charge in [0.25, 0.3) is 0 Å². The van der Waals surface area contributed by atoms with Gasteiger partial charge in [0.05, 0.1) is 13.0 Å². The normalized spacial score (nSPS) is 21.5. The molecule has 0 aromatic heterocycles. The highest BCUT2D eigenvalue weighted by molar-refractivity contribution is 5.81. The summed E-state index contributed by atoms with van der Waals surface area (Å²) in [7, 11) is 0. The van der Waals surface area contributed by atoms with Crippen molar-refractivity contribution in [1.82, 2.24) is 10.2 Å². The first-order chi connectivity index (χ1) is 8.00. The molecule has 1 saturated heterocycles. The van der Waals surface area contributed by atoms with Gasteiger partial charge in [-0.15, -0.1) is 0 Å². The van der Waals surface area contributed by atoms with Gasteiger partial charge in [-0.05, 0) is 13.8 Å². The van der Waals surface area contributed by atoms with E-state index in [2.05, 4.69) is 24.1 Å². The van der Waals surface area contributed by atoms with Crippen LogP contribution in [-0.2, 0) is 14.3 Å². The molecule has 0 spiro atoms. The van der Waals surface area contributed by atoms with E-state index in [1.165, 1.54) is 0 Å². The van der Waals surface area contributed by atoms with Gasteiger partial charge in [-0.3, -0.25) is 14.5 Å². The summed E-state index contributed by atoms with van der Waals surface area (Å²) in [5.74, 6) is -1.14. The van der Waals surface area contributed by atoms with Crippen molar-refractivity contribution < 1.29 is 19.4 Å². The van der Waals surface area contributed by atoms with Crippen molar-refractivity contribution in [3.63, 3.8) is 0 Å². The van der Waals surface area contributed by atoms with Gasteiger partial charge in [0.1, 0.15) is 6.10 Å². The lowest BCUT2D eigenvalue weighted by Gasteiger charge is -2.34. The summed E-state index contributed by atoms with van der Waals surface area (Å²) in [5.41, 5.74) is 0. The van der Waals surface area contributed by atoms with Gasteiger partial charge in [0.15, 0.2) is 0 Å². The van der Waals surface area contributed by atoms with Gasteiger partial charge in [-0.2, -0.15) is 0 Å². The maximum atomic E-state index is 11.7. The van der Waals surface area contributed by atoms with Crippen LogP contribution in [-0.4, -0.2) is 60.3 Å². The van der Waals surface area contributed by atoms with Crippen LogP contribution in [0.5, 0.6) is 0 Å². The number of carbonyl (C=O) groups is 2. The Morgan fingerprint density at radius 1 is 1.53 bits per heavy atom. The Hall–Kier alpha value is -1.14. The lowest BCUT2D eigenvalue weighted by atomic mass is 10.2. The number of rotatable bonds is 5. The largest absolute Gasteiger partial charge is 0.481 e. The number of nitrogens with one attached hydrogen (secondary N) is 1. The zero-order chi connectivity index (χ0) is 12.8. The molecule has 17 heavy (non-hydrogen) atoms. The number of nitrogens with zero attached hydrogens (tertiary/aromatic N) is 1. The third-order valence-corrected chi connectivity index (χ3v) is 2.76. The number of carboxylic acid groups (broad SMARTS) is 1. The zero-order valence-corrected chi connectivity index (χ0v) is 10.3. The predicted molar refractivity (Wildman–Crippen MR) is 61.7 cm³/mol. The third-order valence-electron chi connectivity index (χ3n) is 2.76. The molecular weight excluding hydrogens is 224 g/mol. The molecule has 0 aliphatic carbocycles. The van der Waals surface area contributed by atoms with Crippen molar-refractivity contribution >= 4 is 11.9 Å². The number of carbonyl (C=O) groups excluding carboxylic acids is 1. The van der Waals surface area contributed by atoms with Crippen molar-refractivity contribution in [1.29, 1.82) is 0 Å². The number of ether oxygens (including phenoxy) is 1. The number of carboxylic acids is 1. The Labute approximate surface area is 101 Å². The lowest BCUT2D eigenvalue weighted by Crippen LogP contribution is -2.51. The van der Waals surface area contributed by atoms with Gasteiger partial charge in [0, 0.05) is 25.7 Å². The lowest BCUT2D eigenvalue weighted by molar-refractivity contribution is -0.140. The summed E-state index contributed by atoms with van der Waals surface area (Å²) in [5, 5.41) is 11.0. The monoisotopic (exact) mass is 244 g/mol. The maximum absolute atomic E-state index is 11.7. The van der Waals surface area contributed by atoms with Crippen molar-refractivity contribution in [3.8, 4) is 0 Å². The second-order valence-electron chi connectivity index (χ2n) is 4.38. The first-order valence-electron chi connectivity index (χ1n) is 5.86. The van der Waals surface area contributed by atoms with Gasteiger partial charge in [-0.25, -0.2) is 0 Å². The van der Waals surface area contributed by atoms with Gasteiger partial charge >= 0.3 is 5.97 Å². The fourth-order valence-corrected chi connectivity index (χ4v) is 1.70. The number of aliphatic carboxylic acids is 1. The van der Waals surface area contributed by atoms with E-state index in [1.54, 1.807) is 0 Å². The summed E-state index contributed by atoms with van der Waals surface area (Å²) < 4.78 is 5.38. The van der Waals surface area contributed by atoms with Crippen LogP contribution < -0.4 is 5.32 Å². The first kappa shape index (κ1) is 13.9. The Balaban J connectivity index is 2.33. The minimum absolute atomic E-state index is 0.0631. The van der Waals surface area contributed by atoms with Crippen LogP contribution in [0, 0.1) is 0 Å².